The van der Waals surface area contributed by atoms with E-state index in [0.717, 1.165) is 70.3 Å². The van der Waals surface area contributed by atoms with Gasteiger partial charge < -0.3 is 20.5 Å². The second-order valence-corrected chi connectivity index (χ2v) is 8.52. The quantitative estimate of drug-likeness (QED) is 0.193. The molecule has 0 saturated heterocycles. The zero-order valence-electron chi connectivity index (χ0n) is 18.4. The monoisotopic (exact) mass is 445 g/mol. The van der Waals surface area contributed by atoms with Gasteiger partial charge in [-0.2, -0.15) is 0 Å². The predicted octanol–water partition coefficient (Wildman–Crippen LogP) is 3.59. The second-order valence-electron chi connectivity index (χ2n) is 8.52. The number of ether oxygens (including phenoxy) is 1. The third-order valence-corrected chi connectivity index (χ3v) is 6.17. The summed E-state index contributed by atoms with van der Waals surface area (Å²) in [5.74, 6) is -1.71. The Morgan fingerprint density at radius 2 is 1.50 bits per heavy atom. The van der Waals surface area contributed by atoms with Gasteiger partial charge in [0.25, 0.3) is 11.8 Å². The molecule has 1 aromatic rings. The van der Waals surface area contributed by atoms with Crippen molar-refractivity contribution >= 4 is 23.6 Å². The minimum absolute atomic E-state index is 0.00539. The normalized spacial score (nSPS) is 17.3. The first kappa shape index (κ1) is 23.6. The molecule has 9 nitrogen and oxygen atoms in total. The van der Waals surface area contributed by atoms with Gasteiger partial charge in [-0.15, -0.1) is 0 Å². The van der Waals surface area contributed by atoms with Crippen LogP contribution in [0.25, 0.3) is 6.08 Å². The van der Waals surface area contributed by atoms with Gasteiger partial charge in [-0.25, -0.2) is 0 Å². The maximum absolute atomic E-state index is 13.1. The van der Waals surface area contributed by atoms with Crippen LogP contribution in [0.1, 0.15) is 69.8 Å². The molecular formula is C23H31N3O6. The Morgan fingerprint density at radius 3 is 1.94 bits per heavy atom. The molecule has 0 aromatic heterocycles. The van der Waals surface area contributed by atoms with E-state index < -0.39 is 28.2 Å². The summed E-state index contributed by atoms with van der Waals surface area (Å²) >= 11 is 0. The molecule has 0 atom stereocenters. The van der Waals surface area contributed by atoms with Gasteiger partial charge in [0.05, 0.1) is 12.0 Å². The Hall–Kier alpha value is -3.10. The summed E-state index contributed by atoms with van der Waals surface area (Å²) in [6, 6.07) is 2.50. The fourth-order valence-electron chi connectivity index (χ4n) is 4.41. The number of nitro benzene ring substituents is 1. The second kappa shape index (κ2) is 11.0. The largest absolute Gasteiger partial charge is 0.500 e. The van der Waals surface area contributed by atoms with E-state index in [1.54, 1.807) is 0 Å². The van der Waals surface area contributed by atoms with Crippen molar-refractivity contribution in [2.24, 2.45) is 0 Å². The van der Waals surface area contributed by atoms with Crippen molar-refractivity contribution in [3.63, 3.8) is 0 Å². The first-order chi connectivity index (χ1) is 15.4. The summed E-state index contributed by atoms with van der Waals surface area (Å²) in [6.07, 6.45) is 11.2. The molecule has 2 fully saturated rings. The van der Waals surface area contributed by atoms with Crippen LogP contribution in [0, 0.1) is 10.1 Å². The number of rotatable bonds is 7. The number of phenolic OH excluding ortho intramolecular Hbond substituents is 1. The highest BCUT2D eigenvalue weighted by atomic mass is 16.6. The first-order valence-electron chi connectivity index (χ1n) is 11.3. The van der Waals surface area contributed by atoms with E-state index in [1.807, 2.05) is 0 Å². The van der Waals surface area contributed by atoms with Crippen LogP contribution in [0.2, 0.25) is 0 Å². The van der Waals surface area contributed by atoms with Crippen LogP contribution >= 0.6 is 0 Å². The number of nitrogens with one attached hydrogen (secondary N) is 2. The van der Waals surface area contributed by atoms with Crippen LogP contribution < -0.4 is 15.4 Å². The van der Waals surface area contributed by atoms with Gasteiger partial charge in [0, 0.05) is 18.2 Å². The van der Waals surface area contributed by atoms with Gasteiger partial charge in [0.1, 0.15) is 5.57 Å². The van der Waals surface area contributed by atoms with Crippen molar-refractivity contribution in [2.75, 3.05) is 7.11 Å². The maximum Gasteiger partial charge on any atom is 0.315 e. The number of phenols is 1. The van der Waals surface area contributed by atoms with Crippen LogP contribution in [0.3, 0.4) is 0 Å². The molecule has 0 radical (unpaired) electrons. The molecule has 0 unspecified atom stereocenters. The smallest absolute Gasteiger partial charge is 0.315 e. The highest BCUT2D eigenvalue weighted by Crippen LogP contribution is 2.37. The van der Waals surface area contributed by atoms with Crippen LogP contribution in [0.4, 0.5) is 5.69 Å². The number of aromatic hydroxyl groups is 1. The Bertz CT molecular complexity index is 852. The molecule has 2 amide bonds. The van der Waals surface area contributed by atoms with Crippen molar-refractivity contribution in [1.29, 1.82) is 0 Å². The number of carbonyl (C=O) groups excluding carboxylic acids is 2. The van der Waals surface area contributed by atoms with E-state index in [2.05, 4.69) is 10.6 Å². The van der Waals surface area contributed by atoms with E-state index in [0.29, 0.717) is 0 Å². The molecule has 2 saturated carbocycles. The lowest BCUT2D eigenvalue weighted by molar-refractivity contribution is -0.386. The van der Waals surface area contributed by atoms with Gasteiger partial charge in [0.15, 0.2) is 5.75 Å². The van der Waals surface area contributed by atoms with Crippen LogP contribution in [0.15, 0.2) is 17.7 Å². The van der Waals surface area contributed by atoms with Crippen molar-refractivity contribution in [3.05, 3.63) is 33.4 Å². The SMILES string of the molecule is COc1cc(C=C(C(=O)NC2CCCCC2)C(=O)NC2CCCCC2)cc([N+](=O)[O-])c1O. The first-order valence-corrected chi connectivity index (χ1v) is 11.3. The molecule has 1 aromatic carbocycles. The Labute approximate surface area is 187 Å². The number of hydrogen-bond donors (Lipinski definition) is 3. The molecule has 3 N–H and O–H groups in total. The summed E-state index contributed by atoms with van der Waals surface area (Å²) in [5.41, 5.74) is -0.447. The summed E-state index contributed by atoms with van der Waals surface area (Å²) in [5, 5.41) is 27.3. The molecular weight excluding hydrogens is 414 g/mol. The number of nitrogens with zero attached hydrogens (tertiary/aromatic N) is 1. The molecule has 2 aliphatic carbocycles. The van der Waals surface area contributed by atoms with E-state index in [9.17, 15) is 24.8 Å². The van der Waals surface area contributed by atoms with E-state index >= 15 is 0 Å². The number of hydrogen-bond acceptors (Lipinski definition) is 6. The van der Waals surface area contributed by atoms with Crippen molar-refractivity contribution in [2.45, 2.75) is 76.3 Å². The van der Waals surface area contributed by atoms with Crippen LogP contribution in [-0.2, 0) is 9.59 Å². The topological polar surface area (TPSA) is 131 Å². The highest BCUT2D eigenvalue weighted by Gasteiger charge is 2.26. The van der Waals surface area contributed by atoms with Gasteiger partial charge in [-0.05, 0) is 43.4 Å². The lowest BCUT2D eigenvalue weighted by Crippen LogP contribution is -2.43. The van der Waals surface area contributed by atoms with Gasteiger partial charge >= 0.3 is 5.69 Å². The maximum atomic E-state index is 13.1. The van der Waals surface area contributed by atoms with Gasteiger partial charge in [-0.3, -0.25) is 19.7 Å². The number of benzene rings is 1. The highest BCUT2D eigenvalue weighted by molar-refractivity contribution is 6.21. The van der Waals surface area contributed by atoms with Crippen molar-refractivity contribution in [1.82, 2.24) is 10.6 Å². The molecule has 32 heavy (non-hydrogen) atoms. The van der Waals surface area contributed by atoms with Crippen molar-refractivity contribution in [3.8, 4) is 11.5 Å². The van der Waals surface area contributed by atoms with Gasteiger partial charge in [-0.1, -0.05) is 38.5 Å². The van der Waals surface area contributed by atoms with Gasteiger partial charge in [0.2, 0.25) is 5.75 Å². The fourth-order valence-corrected chi connectivity index (χ4v) is 4.41. The molecule has 2 aliphatic rings. The Morgan fingerprint density at radius 1 is 1.00 bits per heavy atom. The average Bonchev–Trinajstić information content (AvgIpc) is 2.79. The van der Waals surface area contributed by atoms with E-state index in [-0.39, 0.29) is 29.0 Å². The molecule has 0 spiro atoms. The molecule has 3 rings (SSSR count). The summed E-state index contributed by atoms with van der Waals surface area (Å²) in [6.45, 7) is 0. The Balaban J connectivity index is 1.92. The summed E-state index contributed by atoms with van der Waals surface area (Å²) in [4.78, 5) is 36.8. The zero-order valence-corrected chi connectivity index (χ0v) is 18.4. The van der Waals surface area contributed by atoms with Crippen molar-refractivity contribution < 1.29 is 24.4 Å². The fraction of sp³-hybridized carbons (Fsp3) is 0.565. The molecule has 0 bridgehead atoms. The minimum Gasteiger partial charge on any atom is -0.500 e. The molecule has 0 aliphatic heterocycles. The van der Waals surface area contributed by atoms with Crippen LogP contribution in [0.5, 0.6) is 11.5 Å². The molecule has 9 heteroatoms. The number of nitro groups is 1. The van der Waals surface area contributed by atoms with E-state index in [4.69, 9.17) is 4.74 Å². The third kappa shape index (κ3) is 5.99. The zero-order chi connectivity index (χ0) is 23.1. The predicted molar refractivity (Wildman–Crippen MR) is 119 cm³/mol. The van der Waals surface area contributed by atoms with Crippen LogP contribution in [-0.4, -0.2) is 41.0 Å². The minimum atomic E-state index is -0.737. The summed E-state index contributed by atoms with van der Waals surface area (Å²) in [7, 11) is 1.28. The number of carbonyl (C=O) groups is 2. The molecule has 0 heterocycles. The Kier molecular flexibility index (Phi) is 8.08. The average molecular weight is 446 g/mol. The standard InChI is InChI=1S/C23H31N3O6/c1-32-20-14-15(13-19(21(20)27)26(30)31)12-18(22(28)24-16-8-4-2-5-9-16)23(29)25-17-10-6-3-7-11-17/h12-14,16-17,27H,2-11H2,1H3,(H,24,28)(H,25,29). The molecule has 174 valence electrons. The lowest BCUT2D eigenvalue weighted by atomic mass is 9.94. The number of amides is 2. The summed E-state index contributed by atoms with van der Waals surface area (Å²) < 4.78 is 5.04. The lowest BCUT2D eigenvalue weighted by Gasteiger charge is -2.25. The number of methoxy groups -OCH3 is 1. The third-order valence-electron chi connectivity index (χ3n) is 6.17. The van der Waals surface area contributed by atoms with E-state index in [1.165, 1.54) is 19.3 Å².